The van der Waals surface area contributed by atoms with Gasteiger partial charge in [0.25, 0.3) is 5.91 Å². The van der Waals surface area contributed by atoms with Gasteiger partial charge in [0.15, 0.2) is 11.5 Å². The second-order valence-electron chi connectivity index (χ2n) is 7.02. The van der Waals surface area contributed by atoms with Gasteiger partial charge in [-0.3, -0.25) is 4.79 Å². The quantitative estimate of drug-likeness (QED) is 0.763. The standard InChI is InChI=1S/C19H21N5O2/c1-12(2)17-11-24(23-21-17)15-8-14(9-15)20-19(25)16-10-18(26-22-16)13-6-4-3-5-7-13/h3-7,10-12,14-15H,8-9H2,1-2H3,(H,20,25)/t14-,15+. The third kappa shape index (κ3) is 3.24. The Kier molecular flexibility index (Phi) is 4.28. The maximum atomic E-state index is 12.4. The van der Waals surface area contributed by atoms with Crippen LogP contribution in [0.15, 0.2) is 47.1 Å². The number of hydrogen-bond acceptors (Lipinski definition) is 5. The lowest BCUT2D eigenvalue weighted by Crippen LogP contribution is -2.45. The Bertz CT molecular complexity index is 894. The number of rotatable bonds is 5. The summed E-state index contributed by atoms with van der Waals surface area (Å²) in [7, 11) is 0. The van der Waals surface area contributed by atoms with Crippen LogP contribution in [0.1, 0.15) is 54.8 Å². The highest BCUT2D eigenvalue weighted by Gasteiger charge is 2.33. The van der Waals surface area contributed by atoms with Crippen LogP contribution in [0.3, 0.4) is 0 Å². The molecule has 1 saturated carbocycles. The fourth-order valence-corrected chi connectivity index (χ4v) is 3.04. The Morgan fingerprint density at radius 1 is 1.27 bits per heavy atom. The van der Waals surface area contributed by atoms with Crippen LogP contribution in [0, 0.1) is 0 Å². The normalized spacial score (nSPS) is 19.3. The maximum absolute atomic E-state index is 12.4. The first kappa shape index (κ1) is 16.5. The van der Waals surface area contributed by atoms with Gasteiger partial charge in [0, 0.05) is 23.9 Å². The van der Waals surface area contributed by atoms with Crippen LogP contribution in [0.25, 0.3) is 11.3 Å². The molecule has 26 heavy (non-hydrogen) atoms. The molecule has 1 amide bonds. The minimum Gasteiger partial charge on any atom is -0.355 e. The summed E-state index contributed by atoms with van der Waals surface area (Å²) in [6, 6.07) is 11.7. The molecule has 3 aromatic rings. The third-order valence-corrected chi connectivity index (χ3v) is 4.74. The van der Waals surface area contributed by atoms with Crippen LogP contribution in [0.2, 0.25) is 0 Å². The molecule has 2 aromatic heterocycles. The van der Waals surface area contributed by atoms with Gasteiger partial charge in [0.05, 0.1) is 11.7 Å². The van der Waals surface area contributed by atoms with Gasteiger partial charge < -0.3 is 9.84 Å². The van der Waals surface area contributed by atoms with Crippen molar-refractivity contribution in [3.05, 3.63) is 54.0 Å². The fourth-order valence-electron chi connectivity index (χ4n) is 3.04. The molecule has 0 radical (unpaired) electrons. The number of benzene rings is 1. The van der Waals surface area contributed by atoms with E-state index in [1.165, 1.54) is 0 Å². The van der Waals surface area contributed by atoms with Crippen molar-refractivity contribution in [1.82, 2.24) is 25.5 Å². The van der Waals surface area contributed by atoms with Gasteiger partial charge in [-0.1, -0.05) is 54.5 Å². The monoisotopic (exact) mass is 351 g/mol. The molecule has 0 aliphatic heterocycles. The summed E-state index contributed by atoms with van der Waals surface area (Å²) < 4.78 is 7.19. The molecule has 1 aromatic carbocycles. The van der Waals surface area contributed by atoms with Crippen LogP contribution in [-0.2, 0) is 0 Å². The van der Waals surface area contributed by atoms with E-state index in [4.69, 9.17) is 4.52 Å². The molecule has 7 heteroatoms. The molecular weight excluding hydrogens is 330 g/mol. The molecular formula is C19H21N5O2. The summed E-state index contributed by atoms with van der Waals surface area (Å²) in [5.74, 6) is 0.747. The molecule has 134 valence electrons. The lowest BCUT2D eigenvalue weighted by molar-refractivity contribution is 0.0878. The smallest absolute Gasteiger partial charge is 0.273 e. The van der Waals surface area contributed by atoms with Crippen molar-refractivity contribution < 1.29 is 9.32 Å². The summed E-state index contributed by atoms with van der Waals surface area (Å²) >= 11 is 0. The molecule has 0 bridgehead atoms. The largest absolute Gasteiger partial charge is 0.355 e. The van der Waals surface area contributed by atoms with Gasteiger partial charge in [-0.05, 0) is 18.8 Å². The molecule has 0 saturated heterocycles. The Morgan fingerprint density at radius 3 is 2.73 bits per heavy atom. The van der Waals surface area contributed by atoms with Crippen molar-refractivity contribution in [1.29, 1.82) is 0 Å². The maximum Gasteiger partial charge on any atom is 0.273 e. The number of hydrogen-bond donors (Lipinski definition) is 1. The molecule has 4 rings (SSSR count). The summed E-state index contributed by atoms with van der Waals surface area (Å²) in [4.78, 5) is 12.4. The first-order valence-corrected chi connectivity index (χ1v) is 8.85. The number of nitrogens with one attached hydrogen (secondary N) is 1. The SMILES string of the molecule is CC(C)c1cn([C@H]2C[C@@H](NC(=O)c3cc(-c4ccccc4)on3)C2)nn1. The molecule has 1 aliphatic carbocycles. The molecule has 1 fully saturated rings. The second kappa shape index (κ2) is 6.74. The van der Waals surface area contributed by atoms with E-state index < -0.39 is 0 Å². The average Bonchev–Trinajstić information content (AvgIpc) is 3.28. The molecule has 7 nitrogen and oxygen atoms in total. The van der Waals surface area contributed by atoms with Crippen molar-refractivity contribution in [2.45, 2.75) is 44.7 Å². The number of amides is 1. The Hall–Kier alpha value is -2.96. The van der Waals surface area contributed by atoms with Gasteiger partial charge in [-0.25, -0.2) is 4.68 Å². The van der Waals surface area contributed by atoms with E-state index >= 15 is 0 Å². The first-order chi connectivity index (χ1) is 12.6. The Morgan fingerprint density at radius 2 is 2.04 bits per heavy atom. The van der Waals surface area contributed by atoms with Gasteiger partial charge >= 0.3 is 0 Å². The number of aromatic nitrogens is 4. The van der Waals surface area contributed by atoms with Crippen LogP contribution >= 0.6 is 0 Å². The average molecular weight is 351 g/mol. The summed E-state index contributed by atoms with van der Waals surface area (Å²) in [6.45, 7) is 4.19. The molecule has 0 atom stereocenters. The van der Waals surface area contributed by atoms with E-state index in [9.17, 15) is 4.79 Å². The molecule has 1 aliphatic rings. The van der Waals surface area contributed by atoms with Crippen LogP contribution in [-0.4, -0.2) is 32.1 Å². The number of carbonyl (C=O) groups excluding carboxylic acids is 1. The van der Waals surface area contributed by atoms with E-state index in [-0.39, 0.29) is 18.0 Å². The highest BCUT2D eigenvalue weighted by atomic mass is 16.5. The van der Waals surface area contributed by atoms with Crippen molar-refractivity contribution in [2.24, 2.45) is 0 Å². The molecule has 2 heterocycles. The second-order valence-corrected chi connectivity index (χ2v) is 7.02. The van der Waals surface area contributed by atoms with Gasteiger partial charge in [-0.2, -0.15) is 0 Å². The summed E-state index contributed by atoms with van der Waals surface area (Å²) in [5.41, 5.74) is 2.19. The van der Waals surface area contributed by atoms with Crippen LogP contribution in [0.5, 0.6) is 0 Å². The zero-order chi connectivity index (χ0) is 18.1. The lowest BCUT2D eigenvalue weighted by Gasteiger charge is -2.35. The van der Waals surface area contributed by atoms with Crippen molar-refractivity contribution >= 4 is 5.91 Å². The Balaban J connectivity index is 1.33. The van der Waals surface area contributed by atoms with Gasteiger partial charge in [0.2, 0.25) is 0 Å². The lowest BCUT2D eigenvalue weighted by atomic mass is 9.86. The highest BCUT2D eigenvalue weighted by Crippen LogP contribution is 2.32. The topological polar surface area (TPSA) is 85.8 Å². The predicted molar refractivity (Wildman–Crippen MR) is 95.6 cm³/mol. The summed E-state index contributed by atoms with van der Waals surface area (Å²) in [6.07, 6.45) is 3.68. The fraction of sp³-hybridized carbons (Fsp3) is 0.368. The zero-order valence-corrected chi connectivity index (χ0v) is 14.8. The molecule has 1 N–H and O–H groups in total. The van der Waals surface area contributed by atoms with E-state index in [0.717, 1.165) is 24.1 Å². The minimum atomic E-state index is -0.208. The number of nitrogens with zero attached hydrogens (tertiary/aromatic N) is 4. The number of carbonyl (C=O) groups is 1. The van der Waals surface area contributed by atoms with E-state index in [2.05, 4.69) is 34.6 Å². The molecule has 0 unspecified atom stereocenters. The third-order valence-electron chi connectivity index (χ3n) is 4.74. The predicted octanol–water partition coefficient (Wildman–Crippen LogP) is 3.19. The van der Waals surface area contributed by atoms with Crippen molar-refractivity contribution in [3.8, 4) is 11.3 Å². The van der Waals surface area contributed by atoms with Crippen molar-refractivity contribution in [2.75, 3.05) is 0 Å². The first-order valence-electron chi connectivity index (χ1n) is 8.85. The van der Waals surface area contributed by atoms with Gasteiger partial charge in [0.1, 0.15) is 0 Å². The van der Waals surface area contributed by atoms with Crippen LogP contribution < -0.4 is 5.32 Å². The van der Waals surface area contributed by atoms with Crippen LogP contribution in [0.4, 0.5) is 0 Å². The Labute approximate surface area is 151 Å². The van der Waals surface area contributed by atoms with E-state index in [1.54, 1.807) is 6.07 Å². The van der Waals surface area contributed by atoms with E-state index in [1.807, 2.05) is 41.2 Å². The molecule has 0 spiro atoms. The highest BCUT2D eigenvalue weighted by molar-refractivity contribution is 5.93. The van der Waals surface area contributed by atoms with Crippen molar-refractivity contribution in [3.63, 3.8) is 0 Å². The van der Waals surface area contributed by atoms with E-state index in [0.29, 0.717) is 17.4 Å². The summed E-state index contributed by atoms with van der Waals surface area (Å²) in [5, 5.41) is 15.3. The van der Waals surface area contributed by atoms with Gasteiger partial charge in [-0.15, -0.1) is 5.10 Å². The minimum absolute atomic E-state index is 0.121. The zero-order valence-electron chi connectivity index (χ0n) is 14.8.